The van der Waals surface area contributed by atoms with Crippen LogP contribution in [-0.4, -0.2) is 38.3 Å². The largest absolute Gasteiger partial charge is 0.465 e. The third-order valence-corrected chi connectivity index (χ3v) is 7.58. The molecule has 7 nitrogen and oxygen atoms in total. The van der Waals surface area contributed by atoms with E-state index in [4.69, 9.17) is 4.74 Å². The number of esters is 1. The summed E-state index contributed by atoms with van der Waals surface area (Å²) >= 11 is 0. The molecule has 0 saturated heterocycles. The SMILES string of the molecule is COC(=O)c1ccc(C)c(NC(=O)c2cccc(S(=O)(=O)N3CCc4ccccc4C3)c2)c1. The number of carbonyl (C=O) groups is 2. The summed E-state index contributed by atoms with van der Waals surface area (Å²) < 4.78 is 32.7. The highest BCUT2D eigenvalue weighted by Gasteiger charge is 2.28. The summed E-state index contributed by atoms with van der Waals surface area (Å²) in [4.78, 5) is 24.8. The number of carbonyl (C=O) groups excluding carboxylic acids is 2. The summed E-state index contributed by atoms with van der Waals surface area (Å²) in [5.41, 5.74) is 3.86. The number of sulfonamides is 1. The van der Waals surface area contributed by atoms with Crippen LogP contribution in [0.2, 0.25) is 0 Å². The number of benzene rings is 3. The van der Waals surface area contributed by atoms with Crippen molar-refractivity contribution in [2.75, 3.05) is 19.0 Å². The molecule has 33 heavy (non-hydrogen) atoms. The van der Waals surface area contributed by atoms with Crippen molar-refractivity contribution in [3.8, 4) is 0 Å². The van der Waals surface area contributed by atoms with Crippen molar-refractivity contribution >= 4 is 27.6 Å². The van der Waals surface area contributed by atoms with Crippen molar-refractivity contribution in [3.05, 3.63) is 94.5 Å². The number of fused-ring (bicyclic) bond motifs is 1. The lowest BCUT2D eigenvalue weighted by Gasteiger charge is -2.28. The zero-order valence-electron chi connectivity index (χ0n) is 18.4. The molecule has 0 saturated carbocycles. The normalized spacial score (nSPS) is 13.8. The predicted molar refractivity (Wildman–Crippen MR) is 125 cm³/mol. The number of methoxy groups -OCH3 is 1. The third-order valence-electron chi connectivity index (χ3n) is 5.74. The number of anilines is 1. The first kappa shape index (κ1) is 22.7. The number of nitrogens with one attached hydrogen (secondary N) is 1. The summed E-state index contributed by atoms with van der Waals surface area (Å²) in [5.74, 6) is -0.983. The van der Waals surface area contributed by atoms with Crippen LogP contribution in [-0.2, 0) is 27.7 Å². The molecule has 0 bridgehead atoms. The highest BCUT2D eigenvalue weighted by atomic mass is 32.2. The summed E-state index contributed by atoms with van der Waals surface area (Å²) in [6, 6.07) is 18.6. The zero-order valence-corrected chi connectivity index (χ0v) is 19.2. The lowest BCUT2D eigenvalue weighted by Crippen LogP contribution is -2.36. The third kappa shape index (κ3) is 4.67. The second kappa shape index (κ2) is 9.17. The number of amides is 1. The maximum atomic E-state index is 13.3. The smallest absolute Gasteiger partial charge is 0.337 e. The van der Waals surface area contributed by atoms with E-state index in [1.54, 1.807) is 31.2 Å². The Morgan fingerprint density at radius 3 is 2.45 bits per heavy atom. The van der Waals surface area contributed by atoms with E-state index in [0.717, 1.165) is 16.7 Å². The van der Waals surface area contributed by atoms with Crippen LogP contribution < -0.4 is 5.32 Å². The second-order valence-electron chi connectivity index (χ2n) is 7.86. The van der Waals surface area contributed by atoms with E-state index >= 15 is 0 Å². The fourth-order valence-corrected chi connectivity index (χ4v) is 5.28. The summed E-state index contributed by atoms with van der Waals surface area (Å²) in [6.07, 6.45) is 0.644. The molecule has 1 aliphatic heterocycles. The van der Waals surface area contributed by atoms with Gasteiger partial charge in [-0.15, -0.1) is 0 Å². The first-order valence-corrected chi connectivity index (χ1v) is 11.9. The number of hydrogen-bond donors (Lipinski definition) is 1. The summed E-state index contributed by atoms with van der Waals surface area (Å²) in [6.45, 7) is 2.48. The molecule has 0 radical (unpaired) electrons. The molecular formula is C25H24N2O5S. The van der Waals surface area contributed by atoms with Crippen molar-refractivity contribution in [1.82, 2.24) is 4.31 Å². The Morgan fingerprint density at radius 2 is 1.70 bits per heavy atom. The standard InChI is InChI=1S/C25H24N2O5S/c1-17-10-11-20(25(29)32-2)15-23(17)26-24(28)19-8-5-9-22(14-19)33(30,31)27-13-12-18-6-3-4-7-21(18)16-27/h3-11,14-15H,12-13,16H2,1-2H3,(H,26,28). The van der Waals surface area contributed by atoms with Crippen LogP contribution in [0.25, 0.3) is 0 Å². The van der Waals surface area contributed by atoms with Gasteiger partial charge in [-0.25, -0.2) is 13.2 Å². The Balaban J connectivity index is 1.57. The lowest BCUT2D eigenvalue weighted by atomic mass is 10.0. The van der Waals surface area contributed by atoms with Crippen LogP contribution in [0.1, 0.15) is 37.4 Å². The van der Waals surface area contributed by atoms with Crippen LogP contribution in [0.15, 0.2) is 71.6 Å². The van der Waals surface area contributed by atoms with E-state index in [2.05, 4.69) is 5.32 Å². The van der Waals surface area contributed by atoms with Crippen molar-refractivity contribution in [2.24, 2.45) is 0 Å². The number of ether oxygens (including phenoxy) is 1. The van der Waals surface area contributed by atoms with Gasteiger partial charge in [0.1, 0.15) is 0 Å². The molecule has 0 aromatic heterocycles. The molecule has 4 rings (SSSR count). The molecule has 0 fully saturated rings. The summed E-state index contributed by atoms with van der Waals surface area (Å²) in [5, 5.41) is 2.76. The minimum Gasteiger partial charge on any atom is -0.465 e. The van der Waals surface area contributed by atoms with E-state index in [9.17, 15) is 18.0 Å². The Labute approximate surface area is 193 Å². The molecule has 1 amide bonds. The Bertz CT molecular complexity index is 1330. The second-order valence-corrected chi connectivity index (χ2v) is 9.80. The van der Waals surface area contributed by atoms with Gasteiger partial charge >= 0.3 is 5.97 Å². The number of nitrogens with zero attached hydrogens (tertiary/aromatic N) is 1. The minimum atomic E-state index is -3.77. The van der Waals surface area contributed by atoms with E-state index < -0.39 is 21.9 Å². The van der Waals surface area contributed by atoms with E-state index in [-0.39, 0.29) is 10.5 Å². The maximum absolute atomic E-state index is 13.3. The fraction of sp³-hybridized carbons (Fsp3) is 0.200. The molecule has 8 heteroatoms. The molecule has 1 heterocycles. The van der Waals surface area contributed by atoms with Gasteiger partial charge < -0.3 is 10.1 Å². The first-order chi connectivity index (χ1) is 15.8. The monoisotopic (exact) mass is 464 g/mol. The first-order valence-electron chi connectivity index (χ1n) is 10.5. The molecule has 0 unspecified atom stereocenters. The van der Waals surface area contributed by atoms with Crippen LogP contribution in [0.4, 0.5) is 5.69 Å². The Kier molecular flexibility index (Phi) is 6.31. The van der Waals surface area contributed by atoms with Crippen LogP contribution >= 0.6 is 0 Å². The topological polar surface area (TPSA) is 92.8 Å². The van der Waals surface area contributed by atoms with Crippen molar-refractivity contribution < 1.29 is 22.7 Å². The summed E-state index contributed by atoms with van der Waals surface area (Å²) in [7, 11) is -2.49. The van der Waals surface area contributed by atoms with Gasteiger partial charge in [-0.2, -0.15) is 4.31 Å². The Hall–Kier alpha value is -3.49. The quantitative estimate of drug-likeness (QED) is 0.580. The molecule has 1 N–H and O–H groups in total. The number of rotatable bonds is 5. The molecule has 0 aliphatic carbocycles. The van der Waals surface area contributed by atoms with Gasteiger partial charge in [-0.3, -0.25) is 4.79 Å². The van der Waals surface area contributed by atoms with Gasteiger partial charge in [-0.1, -0.05) is 36.4 Å². The molecule has 3 aromatic carbocycles. The van der Waals surface area contributed by atoms with E-state index in [0.29, 0.717) is 30.8 Å². The van der Waals surface area contributed by atoms with Gasteiger partial charge in [0, 0.05) is 24.3 Å². The maximum Gasteiger partial charge on any atom is 0.337 e. The van der Waals surface area contributed by atoms with Crippen LogP contribution in [0, 0.1) is 6.92 Å². The lowest BCUT2D eigenvalue weighted by molar-refractivity contribution is 0.0600. The van der Waals surface area contributed by atoms with Gasteiger partial charge in [0.15, 0.2) is 0 Å². The molecule has 1 aliphatic rings. The van der Waals surface area contributed by atoms with Crippen molar-refractivity contribution in [1.29, 1.82) is 0 Å². The van der Waals surface area contributed by atoms with Gasteiger partial charge in [0.2, 0.25) is 10.0 Å². The average Bonchev–Trinajstić information content (AvgIpc) is 2.84. The number of hydrogen-bond acceptors (Lipinski definition) is 5. The van der Waals surface area contributed by atoms with Gasteiger partial charge in [0.25, 0.3) is 5.91 Å². The van der Waals surface area contributed by atoms with Gasteiger partial charge in [-0.05, 0) is 60.4 Å². The number of aryl methyl sites for hydroxylation is 1. The van der Waals surface area contributed by atoms with Crippen molar-refractivity contribution in [3.63, 3.8) is 0 Å². The van der Waals surface area contributed by atoms with E-state index in [1.165, 1.54) is 29.6 Å². The average molecular weight is 465 g/mol. The van der Waals surface area contributed by atoms with E-state index in [1.807, 2.05) is 24.3 Å². The minimum absolute atomic E-state index is 0.0644. The predicted octanol–water partition coefficient (Wildman–Crippen LogP) is 3.78. The van der Waals surface area contributed by atoms with Crippen molar-refractivity contribution in [2.45, 2.75) is 24.8 Å². The van der Waals surface area contributed by atoms with Crippen LogP contribution in [0.3, 0.4) is 0 Å². The molecule has 0 atom stereocenters. The zero-order chi connectivity index (χ0) is 23.6. The molecular weight excluding hydrogens is 440 g/mol. The molecule has 3 aromatic rings. The highest BCUT2D eigenvalue weighted by Crippen LogP contribution is 2.26. The van der Waals surface area contributed by atoms with Gasteiger partial charge in [0.05, 0.1) is 17.6 Å². The Morgan fingerprint density at radius 1 is 0.939 bits per heavy atom. The highest BCUT2D eigenvalue weighted by molar-refractivity contribution is 7.89. The molecule has 0 spiro atoms. The van der Waals surface area contributed by atoms with Crippen LogP contribution in [0.5, 0.6) is 0 Å². The fourth-order valence-electron chi connectivity index (χ4n) is 3.82. The molecule has 170 valence electrons.